The summed E-state index contributed by atoms with van der Waals surface area (Å²) in [5.41, 5.74) is 3.40. The third kappa shape index (κ3) is 2.84. The summed E-state index contributed by atoms with van der Waals surface area (Å²) >= 11 is 0. The number of hydrogen-bond donors (Lipinski definition) is 1. The number of carbonyl (C=O) groups excluding carboxylic acids is 1. The monoisotopic (exact) mass is 244 g/mol. The summed E-state index contributed by atoms with van der Waals surface area (Å²) in [5.74, 6) is -0.261. The average Bonchev–Trinajstić information content (AvgIpc) is 2.34. The summed E-state index contributed by atoms with van der Waals surface area (Å²) < 4.78 is 0. The number of hydrogen-bond acceptors (Lipinski definition) is 3. The third-order valence-electron chi connectivity index (χ3n) is 2.34. The first-order chi connectivity index (χ1) is 8.47. The van der Waals surface area contributed by atoms with Gasteiger partial charge >= 0.3 is 0 Å². The van der Waals surface area contributed by atoms with E-state index in [0.29, 0.717) is 5.56 Å². The van der Waals surface area contributed by atoms with Crippen molar-refractivity contribution in [2.45, 2.75) is 26.4 Å². The number of amides is 1. The van der Waals surface area contributed by atoms with Gasteiger partial charge in [-0.05, 0) is 39.0 Å². The van der Waals surface area contributed by atoms with Gasteiger partial charge in [0.25, 0.3) is 5.91 Å². The van der Waals surface area contributed by atoms with Gasteiger partial charge in [-0.15, -0.1) is 0 Å². The maximum absolute atomic E-state index is 12.0. The molecule has 0 unspecified atom stereocenters. The lowest BCUT2D eigenvalue weighted by Crippen LogP contribution is -2.33. The highest BCUT2D eigenvalue weighted by Crippen LogP contribution is 2.16. The first-order valence-electron chi connectivity index (χ1n) is 5.79. The van der Waals surface area contributed by atoms with Crippen LogP contribution in [0.5, 0.6) is 0 Å². The van der Waals surface area contributed by atoms with Crippen molar-refractivity contribution in [1.82, 2.24) is 10.5 Å². The van der Waals surface area contributed by atoms with Crippen molar-refractivity contribution >= 4 is 16.8 Å². The summed E-state index contributed by atoms with van der Waals surface area (Å²) in [4.78, 5) is 21.5. The molecule has 1 amide bonds. The summed E-state index contributed by atoms with van der Waals surface area (Å²) in [6.45, 7) is 5.62. The molecule has 94 valence electrons. The van der Waals surface area contributed by atoms with Crippen LogP contribution in [0.4, 0.5) is 0 Å². The van der Waals surface area contributed by atoms with Crippen LogP contribution >= 0.6 is 0 Å². The molecule has 0 fully saturated rings. The molecule has 0 radical (unpaired) electrons. The molecule has 1 heterocycles. The molecule has 0 atom stereocenters. The molecule has 1 N–H and O–H groups in total. The van der Waals surface area contributed by atoms with Crippen LogP contribution in [0, 0.1) is 0 Å². The van der Waals surface area contributed by atoms with E-state index >= 15 is 0 Å². The lowest BCUT2D eigenvalue weighted by molar-refractivity contribution is -0.0589. The molecule has 0 saturated carbocycles. The number of hydroxylamine groups is 1. The molecule has 0 aliphatic carbocycles. The van der Waals surface area contributed by atoms with Crippen molar-refractivity contribution in [3.8, 4) is 0 Å². The molecule has 4 heteroatoms. The minimum atomic E-state index is -0.418. The normalized spacial score (nSPS) is 11.5. The Morgan fingerprint density at radius 3 is 2.72 bits per heavy atom. The number of nitrogens with one attached hydrogen (secondary N) is 1. The van der Waals surface area contributed by atoms with Gasteiger partial charge in [0.1, 0.15) is 0 Å². The molecule has 4 nitrogen and oxygen atoms in total. The average molecular weight is 244 g/mol. The van der Waals surface area contributed by atoms with E-state index in [-0.39, 0.29) is 5.91 Å². The van der Waals surface area contributed by atoms with Crippen LogP contribution in [-0.4, -0.2) is 16.5 Å². The Morgan fingerprint density at radius 2 is 2.00 bits per heavy atom. The van der Waals surface area contributed by atoms with Crippen LogP contribution < -0.4 is 5.48 Å². The van der Waals surface area contributed by atoms with Gasteiger partial charge in [0.15, 0.2) is 0 Å². The summed E-state index contributed by atoms with van der Waals surface area (Å²) in [7, 11) is 0. The van der Waals surface area contributed by atoms with Crippen LogP contribution in [0.15, 0.2) is 36.5 Å². The second-order valence-electron chi connectivity index (χ2n) is 5.02. The van der Waals surface area contributed by atoms with Gasteiger partial charge in [-0.1, -0.05) is 12.1 Å². The highest BCUT2D eigenvalue weighted by atomic mass is 16.7. The van der Waals surface area contributed by atoms with Crippen LogP contribution in [0.25, 0.3) is 10.9 Å². The van der Waals surface area contributed by atoms with E-state index in [1.165, 1.54) is 0 Å². The maximum Gasteiger partial charge on any atom is 0.275 e. The van der Waals surface area contributed by atoms with E-state index in [2.05, 4.69) is 10.5 Å². The van der Waals surface area contributed by atoms with Crippen molar-refractivity contribution in [3.63, 3.8) is 0 Å². The van der Waals surface area contributed by atoms with Crippen molar-refractivity contribution in [2.24, 2.45) is 0 Å². The van der Waals surface area contributed by atoms with E-state index in [0.717, 1.165) is 10.9 Å². The minimum absolute atomic E-state index is 0.261. The van der Waals surface area contributed by atoms with Gasteiger partial charge < -0.3 is 0 Å². The molecular formula is C14H16N2O2. The zero-order valence-electron chi connectivity index (χ0n) is 10.7. The highest BCUT2D eigenvalue weighted by molar-refractivity contribution is 6.05. The smallest absolute Gasteiger partial charge is 0.268 e. The van der Waals surface area contributed by atoms with Gasteiger partial charge in [0.2, 0.25) is 0 Å². The summed E-state index contributed by atoms with van der Waals surface area (Å²) in [6, 6.07) is 9.11. The quantitative estimate of drug-likeness (QED) is 0.826. The number of fused-ring (bicyclic) bond motifs is 1. The number of benzene rings is 1. The van der Waals surface area contributed by atoms with E-state index in [1.807, 2.05) is 39.0 Å². The summed E-state index contributed by atoms with van der Waals surface area (Å²) in [6.07, 6.45) is 1.70. The topological polar surface area (TPSA) is 51.2 Å². The van der Waals surface area contributed by atoms with Gasteiger partial charge in [-0.2, -0.15) is 0 Å². The van der Waals surface area contributed by atoms with Gasteiger partial charge in [-0.3, -0.25) is 14.6 Å². The molecule has 0 saturated heterocycles. The van der Waals surface area contributed by atoms with Gasteiger partial charge in [0.05, 0.1) is 16.7 Å². The van der Waals surface area contributed by atoms with E-state index < -0.39 is 5.60 Å². The molecule has 1 aromatic carbocycles. The molecule has 0 bridgehead atoms. The molecule has 2 rings (SSSR count). The number of carbonyl (C=O) groups is 1. The third-order valence-corrected chi connectivity index (χ3v) is 2.34. The molecule has 0 aliphatic heterocycles. The predicted octanol–water partition coefficient (Wildman–Crippen LogP) is 2.69. The zero-order valence-corrected chi connectivity index (χ0v) is 10.7. The number of aromatic nitrogens is 1. The molecule has 1 aromatic heterocycles. The van der Waals surface area contributed by atoms with Crippen LogP contribution in [0.2, 0.25) is 0 Å². The van der Waals surface area contributed by atoms with Crippen molar-refractivity contribution in [1.29, 1.82) is 0 Å². The standard InChI is InChI=1S/C14H16N2O2/c1-14(2,3)18-16-13(17)11-6-4-8-12-10(11)7-5-9-15-12/h4-9H,1-3H3,(H,16,17). The minimum Gasteiger partial charge on any atom is -0.268 e. The summed E-state index contributed by atoms with van der Waals surface area (Å²) in [5, 5.41) is 0.815. The molecule has 2 aromatic rings. The van der Waals surface area contributed by atoms with E-state index in [1.54, 1.807) is 18.3 Å². The Balaban J connectivity index is 2.28. The fourth-order valence-corrected chi connectivity index (χ4v) is 1.56. The molecular weight excluding hydrogens is 228 g/mol. The fourth-order valence-electron chi connectivity index (χ4n) is 1.56. The van der Waals surface area contributed by atoms with Crippen LogP contribution in [0.1, 0.15) is 31.1 Å². The second kappa shape index (κ2) is 4.74. The Labute approximate surface area is 106 Å². The molecule has 0 spiro atoms. The van der Waals surface area contributed by atoms with Gasteiger partial charge in [-0.25, -0.2) is 5.48 Å². The lowest BCUT2D eigenvalue weighted by Gasteiger charge is -2.19. The van der Waals surface area contributed by atoms with Crippen molar-refractivity contribution < 1.29 is 9.63 Å². The Morgan fingerprint density at radius 1 is 1.22 bits per heavy atom. The van der Waals surface area contributed by atoms with Crippen molar-refractivity contribution in [3.05, 3.63) is 42.1 Å². The Kier molecular flexibility index (Phi) is 3.30. The fraction of sp³-hybridized carbons (Fsp3) is 0.286. The maximum atomic E-state index is 12.0. The number of nitrogens with zero attached hydrogens (tertiary/aromatic N) is 1. The number of pyridine rings is 1. The largest absolute Gasteiger partial charge is 0.275 e. The first kappa shape index (κ1) is 12.5. The lowest BCUT2D eigenvalue weighted by atomic mass is 10.1. The number of rotatable bonds is 2. The van der Waals surface area contributed by atoms with E-state index in [4.69, 9.17) is 4.84 Å². The molecule has 0 aliphatic rings. The van der Waals surface area contributed by atoms with Crippen LogP contribution in [0.3, 0.4) is 0 Å². The molecule has 18 heavy (non-hydrogen) atoms. The zero-order chi connectivity index (χ0) is 13.2. The Bertz CT molecular complexity index is 568. The first-order valence-corrected chi connectivity index (χ1v) is 5.79. The Hall–Kier alpha value is -1.94. The SMILES string of the molecule is CC(C)(C)ONC(=O)c1cccc2ncccc12. The van der Waals surface area contributed by atoms with E-state index in [9.17, 15) is 4.79 Å². The second-order valence-corrected chi connectivity index (χ2v) is 5.02. The van der Waals surface area contributed by atoms with Crippen molar-refractivity contribution in [2.75, 3.05) is 0 Å². The predicted molar refractivity (Wildman–Crippen MR) is 70.0 cm³/mol. The highest BCUT2D eigenvalue weighted by Gasteiger charge is 2.15. The van der Waals surface area contributed by atoms with Crippen LogP contribution in [-0.2, 0) is 4.84 Å². The van der Waals surface area contributed by atoms with Gasteiger partial charge in [0, 0.05) is 11.6 Å².